The second-order valence-electron chi connectivity index (χ2n) is 8.12. The standard InChI is InChI=1S/C16H28N2O2Si/c1-16(2)7-6-13-14(11-19)17-18(15(13)10-16)12-20-8-9-21(3,4)5/h11H,6-10,12H2,1-5H3. The fraction of sp³-hybridized carbons (Fsp3) is 0.750. The van der Waals surface area contributed by atoms with E-state index in [2.05, 4.69) is 38.6 Å². The number of nitrogens with zero attached hydrogens (tertiary/aromatic N) is 2. The van der Waals surface area contributed by atoms with Gasteiger partial charge in [0, 0.05) is 25.9 Å². The molecule has 0 fully saturated rings. The van der Waals surface area contributed by atoms with E-state index in [-0.39, 0.29) is 5.41 Å². The fourth-order valence-corrected chi connectivity index (χ4v) is 3.52. The third kappa shape index (κ3) is 4.26. The molecule has 1 aromatic heterocycles. The number of rotatable bonds is 6. The van der Waals surface area contributed by atoms with Gasteiger partial charge in [-0.3, -0.25) is 4.79 Å². The quantitative estimate of drug-likeness (QED) is 0.459. The molecule has 0 atom stereocenters. The first-order valence-electron chi connectivity index (χ1n) is 7.83. The average molecular weight is 308 g/mol. The van der Waals surface area contributed by atoms with Crippen LogP contribution in [0, 0.1) is 5.41 Å². The first kappa shape index (κ1) is 16.4. The van der Waals surface area contributed by atoms with Crippen molar-refractivity contribution >= 4 is 14.4 Å². The van der Waals surface area contributed by atoms with Gasteiger partial charge < -0.3 is 4.74 Å². The Hall–Kier alpha value is -0.943. The van der Waals surface area contributed by atoms with Gasteiger partial charge in [0.2, 0.25) is 0 Å². The zero-order chi connectivity index (χ0) is 15.7. The Balaban J connectivity index is 2.06. The normalized spacial score (nSPS) is 17.6. The Bertz CT molecular complexity index is 515. The third-order valence-corrected chi connectivity index (χ3v) is 5.92. The van der Waals surface area contributed by atoms with Crippen molar-refractivity contribution in [1.29, 1.82) is 0 Å². The first-order valence-corrected chi connectivity index (χ1v) is 11.5. The molecular weight excluding hydrogens is 280 g/mol. The van der Waals surface area contributed by atoms with Crippen molar-refractivity contribution in [3.8, 4) is 0 Å². The molecular formula is C16H28N2O2Si. The van der Waals surface area contributed by atoms with Crippen LogP contribution in [-0.4, -0.2) is 30.7 Å². The zero-order valence-corrected chi connectivity index (χ0v) is 15.0. The van der Waals surface area contributed by atoms with Crippen LogP contribution < -0.4 is 0 Å². The molecule has 0 aliphatic heterocycles. The smallest absolute Gasteiger partial charge is 0.170 e. The zero-order valence-electron chi connectivity index (χ0n) is 14.0. The van der Waals surface area contributed by atoms with E-state index >= 15 is 0 Å². The number of carbonyl (C=O) groups excluding carboxylic acids is 1. The van der Waals surface area contributed by atoms with E-state index in [4.69, 9.17) is 4.74 Å². The van der Waals surface area contributed by atoms with E-state index in [9.17, 15) is 4.79 Å². The van der Waals surface area contributed by atoms with Crippen LogP contribution in [0.15, 0.2) is 0 Å². The summed E-state index contributed by atoms with van der Waals surface area (Å²) >= 11 is 0. The summed E-state index contributed by atoms with van der Waals surface area (Å²) in [6.07, 6.45) is 3.92. The molecule has 0 amide bonds. The molecule has 0 bridgehead atoms. The second-order valence-corrected chi connectivity index (χ2v) is 13.7. The van der Waals surface area contributed by atoms with Gasteiger partial charge in [0.1, 0.15) is 12.4 Å². The molecule has 0 radical (unpaired) electrons. The molecule has 0 saturated carbocycles. The summed E-state index contributed by atoms with van der Waals surface area (Å²) in [6, 6.07) is 1.16. The highest BCUT2D eigenvalue weighted by molar-refractivity contribution is 6.76. The summed E-state index contributed by atoms with van der Waals surface area (Å²) in [6.45, 7) is 12.8. The van der Waals surface area contributed by atoms with Crippen LogP contribution in [0.4, 0.5) is 0 Å². The van der Waals surface area contributed by atoms with Crippen molar-refractivity contribution in [3.05, 3.63) is 17.0 Å². The molecule has 0 unspecified atom stereocenters. The minimum absolute atomic E-state index is 0.281. The van der Waals surface area contributed by atoms with E-state index in [1.165, 1.54) is 5.69 Å². The van der Waals surface area contributed by atoms with Gasteiger partial charge >= 0.3 is 0 Å². The predicted octanol–water partition coefficient (Wildman–Crippen LogP) is 3.52. The van der Waals surface area contributed by atoms with Gasteiger partial charge in [0.05, 0.1) is 0 Å². The van der Waals surface area contributed by atoms with Crippen molar-refractivity contribution < 1.29 is 9.53 Å². The van der Waals surface area contributed by atoms with Gasteiger partial charge in [-0.2, -0.15) is 5.10 Å². The minimum atomic E-state index is -1.06. The molecule has 2 rings (SSSR count). The minimum Gasteiger partial charge on any atom is -0.360 e. The highest BCUT2D eigenvalue weighted by Crippen LogP contribution is 2.35. The lowest BCUT2D eigenvalue weighted by atomic mass is 9.76. The Morgan fingerprint density at radius 3 is 2.71 bits per heavy atom. The summed E-state index contributed by atoms with van der Waals surface area (Å²) in [7, 11) is -1.06. The van der Waals surface area contributed by atoms with Crippen LogP contribution in [0.5, 0.6) is 0 Å². The van der Waals surface area contributed by atoms with Crippen molar-refractivity contribution in [2.45, 2.75) is 65.5 Å². The molecule has 0 spiro atoms. The Labute approximate surface area is 128 Å². The van der Waals surface area contributed by atoms with Crippen LogP contribution in [0.1, 0.15) is 42.0 Å². The molecule has 1 aliphatic carbocycles. The lowest BCUT2D eigenvalue weighted by Gasteiger charge is -2.30. The molecule has 1 aliphatic rings. The monoisotopic (exact) mass is 308 g/mol. The number of fused-ring (bicyclic) bond motifs is 1. The number of ether oxygens (including phenoxy) is 1. The molecule has 1 heterocycles. The van der Waals surface area contributed by atoms with Crippen molar-refractivity contribution in [2.75, 3.05) is 6.61 Å². The van der Waals surface area contributed by atoms with Crippen molar-refractivity contribution in [1.82, 2.24) is 9.78 Å². The van der Waals surface area contributed by atoms with Crippen LogP contribution >= 0.6 is 0 Å². The highest BCUT2D eigenvalue weighted by Gasteiger charge is 2.30. The molecule has 1 aromatic rings. The summed E-state index contributed by atoms with van der Waals surface area (Å²) in [5.74, 6) is 0. The molecule has 21 heavy (non-hydrogen) atoms. The maximum absolute atomic E-state index is 11.2. The van der Waals surface area contributed by atoms with Gasteiger partial charge in [-0.05, 0) is 30.7 Å². The van der Waals surface area contributed by atoms with Gasteiger partial charge in [0.25, 0.3) is 0 Å². The lowest BCUT2D eigenvalue weighted by Crippen LogP contribution is -2.25. The van der Waals surface area contributed by atoms with E-state index < -0.39 is 8.07 Å². The number of hydrogen-bond donors (Lipinski definition) is 0. The summed E-state index contributed by atoms with van der Waals surface area (Å²) in [4.78, 5) is 11.2. The molecule has 0 aromatic carbocycles. The SMILES string of the molecule is CC1(C)CCc2c(C=O)nn(COCC[Si](C)(C)C)c2C1. The van der Waals surface area contributed by atoms with Gasteiger partial charge in [0.15, 0.2) is 6.29 Å². The molecule has 4 nitrogen and oxygen atoms in total. The number of carbonyl (C=O) groups is 1. The van der Waals surface area contributed by atoms with Crippen molar-refractivity contribution in [3.63, 3.8) is 0 Å². The number of aldehydes is 1. The fourth-order valence-electron chi connectivity index (χ4n) is 2.76. The second kappa shape index (κ2) is 6.05. The Morgan fingerprint density at radius 1 is 1.38 bits per heavy atom. The van der Waals surface area contributed by atoms with E-state index in [0.717, 1.165) is 43.8 Å². The molecule has 118 valence electrons. The predicted molar refractivity (Wildman–Crippen MR) is 87.5 cm³/mol. The van der Waals surface area contributed by atoms with Crippen molar-refractivity contribution in [2.24, 2.45) is 5.41 Å². The number of aromatic nitrogens is 2. The van der Waals surface area contributed by atoms with E-state index in [0.29, 0.717) is 12.4 Å². The van der Waals surface area contributed by atoms with Gasteiger partial charge in [-0.15, -0.1) is 0 Å². The highest BCUT2D eigenvalue weighted by atomic mass is 28.3. The maximum atomic E-state index is 11.2. The molecule has 5 heteroatoms. The third-order valence-electron chi connectivity index (χ3n) is 4.22. The summed E-state index contributed by atoms with van der Waals surface area (Å²) in [5.41, 5.74) is 3.22. The molecule has 0 saturated heterocycles. The Kier molecular flexibility index (Phi) is 4.73. The lowest BCUT2D eigenvalue weighted by molar-refractivity contribution is 0.0744. The van der Waals surface area contributed by atoms with Crippen LogP contribution in [0.25, 0.3) is 0 Å². The topological polar surface area (TPSA) is 44.1 Å². The first-order chi connectivity index (χ1) is 9.72. The molecule has 0 N–H and O–H groups in total. The summed E-state index contributed by atoms with van der Waals surface area (Å²) in [5, 5.41) is 4.44. The van der Waals surface area contributed by atoms with Gasteiger partial charge in [-0.25, -0.2) is 4.68 Å². The van der Waals surface area contributed by atoms with Crippen LogP contribution in [0.2, 0.25) is 25.7 Å². The Morgan fingerprint density at radius 2 is 2.10 bits per heavy atom. The average Bonchev–Trinajstić information content (AvgIpc) is 2.69. The largest absolute Gasteiger partial charge is 0.360 e. The van der Waals surface area contributed by atoms with Crippen LogP contribution in [-0.2, 0) is 24.3 Å². The maximum Gasteiger partial charge on any atom is 0.170 e. The number of hydrogen-bond acceptors (Lipinski definition) is 3. The van der Waals surface area contributed by atoms with Crippen LogP contribution in [0.3, 0.4) is 0 Å². The van der Waals surface area contributed by atoms with E-state index in [1.54, 1.807) is 0 Å². The van der Waals surface area contributed by atoms with Gasteiger partial charge in [-0.1, -0.05) is 33.5 Å². The summed E-state index contributed by atoms with van der Waals surface area (Å²) < 4.78 is 7.71. The van der Waals surface area contributed by atoms with E-state index in [1.807, 2.05) is 4.68 Å².